The van der Waals surface area contributed by atoms with Gasteiger partial charge in [-0.3, -0.25) is 9.36 Å². The molecule has 2 aliphatic carbocycles. The van der Waals surface area contributed by atoms with Gasteiger partial charge >= 0.3 is 0 Å². The summed E-state index contributed by atoms with van der Waals surface area (Å²) in [6, 6.07) is 12.4. The van der Waals surface area contributed by atoms with E-state index in [1.54, 1.807) is 0 Å². The van der Waals surface area contributed by atoms with Crippen LogP contribution in [0, 0.1) is 23.2 Å². The molecule has 1 aromatic carbocycles. The summed E-state index contributed by atoms with van der Waals surface area (Å²) in [6.07, 6.45) is 2.97. The van der Waals surface area contributed by atoms with E-state index in [4.69, 9.17) is 4.98 Å². The number of carbonyl (C=O) groups is 1. The molecule has 0 bridgehead atoms. The number of rotatable bonds is 1. The molecule has 0 spiro atoms. The van der Waals surface area contributed by atoms with Gasteiger partial charge in [0.05, 0.1) is 11.8 Å². The highest BCUT2D eigenvalue weighted by molar-refractivity contribution is 9.10. The summed E-state index contributed by atoms with van der Waals surface area (Å²) < 4.78 is 2.96. The van der Waals surface area contributed by atoms with E-state index < -0.39 is 5.92 Å². The maximum absolute atomic E-state index is 12.2. The van der Waals surface area contributed by atoms with Crippen molar-refractivity contribution < 1.29 is 4.79 Å². The van der Waals surface area contributed by atoms with Crippen LogP contribution in [0.15, 0.2) is 35.1 Å². The van der Waals surface area contributed by atoms with Crippen LogP contribution >= 0.6 is 15.9 Å². The Kier molecular flexibility index (Phi) is 3.61. The predicted molar refractivity (Wildman–Crippen MR) is 93.8 cm³/mol. The fourth-order valence-electron chi connectivity index (χ4n) is 4.41. The van der Waals surface area contributed by atoms with Crippen LogP contribution in [0.2, 0.25) is 0 Å². The molecule has 4 nitrogen and oxygen atoms in total. The molecule has 4 rings (SSSR count). The van der Waals surface area contributed by atoms with Crippen LogP contribution in [-0.2, 0) is 16.6 Å². The molecule has 1 aromatic heterocycles. The van der Waals surface area contributed by atoms with E-state index in [2.05, 4.69) is 45.6 Å². The van der Waals surface area contributed by atoms with Gasteiger partial charge in [0.15, 0.2) is 4.73 Å². The minimum atomic E-state index is -0.502. The van der Waals surface area contributed by atoms with Gasteiger partial charge in [0.1, 0.15) is 11.7 Å². The molecule has 0 radical (unpaired) electrons. The minimum absolute atomic E-state index is 0.102. The van der Waals surface area contributed by atoms with Crippen molar-refractivity contribution in [2.24, 2.45) is 11.8 Å². The first-order chi connectivity index (χ1) is 11.5. The average Bonchev–Trinajstić information content (AvgIpc) is 2.93. The Morgan fingerprint density at radius 3 is 2.83 bits per heavy atom. The molecule has 5 heteroatoms. The normalized spacial score (nSPS) is 28.8. The number of nitriles is 1. The van der Waals surface area contributed by atoms with Crippen molar-refractivity contribution in [3.8, 4) is 11.8 Å². The standard InChI is InChI=1S/C19H18BrN3O/c1-19-10-12(11-21)16(24)9-13(19)7-8-15-17(19)22-18(20)23(15)14-5-3-2-4-6-14/h2-6,12-13H,7-10H2,1H3. The summed E-state index contributed by atoms with van der Waals surface area (Å²) in [5.41, 5.74) is 3.15. The number of hydrogen-bond donors (Lipinski definition) is 0. The third-order valence-electron chi connectivity index (χ3n) is 5.74. The summed E-state index contributed by atoms with van der Waals surface area (Å²) in [5.74, 6) is -0.115. The van der Waals surface area contributed by atoms with E-state index in [0.717, 1.165) is 29.0 Å². The number of para-hydroxylation sites is 1. The zero-order valence-electron chi connectivity index (χ0n) is 13.5. The van der Waals surface area contributed by atoms with Gasteiger partial charge in [-0.15, -0.1) is 0 Å². The fraction of sp³-hybridized carbons (Fsp3) is 0.421. The second-order valence-electron chi connectivity index (χ2n) is 7.06. The molecule has 2 aromatic rings. The number of carbonyl (C=O) groups excluding carboxylic acids is 1. The molecule has 3 unspecified atom stereocenters. The zero-order valence-corrected chi connectivity index (χ0v) is 15.1. The Morgan fingerprint density at radius 2 is 2.12 bits per heavy atom. The smallest absolute Gasteiger partial charge is 0.182 e. The van der Waals surface area contributed by atoms with Crippen LogP contribution in [-0.4, -0.2) is 15.3 Å². The number of halogens is 1. The van der Waals surface area contributed by atoms with Gasteiger partial charge in [0.25, 0.3) is 0 Å². The first-order valence-corrected chi connectivity index (χ1v) is 9.09. The molecule has 122 valence electrons. The molecule has 0 aliphatic heterocycles. The quantitative estimate of drug-likeness (QED) is 0.748. The number of fused-ring (bicyclic) bond motifs is 3. The van der Waals surface area contributed by atoms with Gasteiger partial charge in [0.2, 0.25) is 0 Å². The lowest BCUT2D eigenvalue weighted by Gasteiger charge is -2.45. The van der Waals surface area contributed by atoms with Crippen molar-refractivity contribution >= 4 is 21.7 Å². The van der Waals surface area contributed by atoms with Gasteiger partial charge in [-0.2, -0.15) is 5.26 Å². The number of benzene rings is 1. The average molecular weight is 384 g/mol. The van der Waals surface area contributed by atoms with E-state index in [1.807, 2.05) is 18.2 Å². The largest absolute Gasteiger partial charge is 0.298 e. The topological polar surface area (TPSA) is 58.7 Å². The summed E-state index contributed by atoms with van der Waals surface area (Å²) in [7, 11) is 0. The van der Waals surface area contributed by atoms with Crippen molar-refractivity contribution in [1.29, 1.82) is 5.26 Å². The maximum Gasteiger partial charge on any atom is 0.182 e. The lowest BCUT2D eigenvalue weighted by molar-refractivity contribution is -0.126. The van der Waals surface area contributed by atoms with Crippen molar-refractivity contribution in [2.75, 3.05) is 0 Å². The summed E-state index contributed by atoms with van der Waals surface area (Å²) in [6.45, 7) is 2.18. The highest BCUT2D eigenvalue weighted by Crippen LogP contribution is 2.50. The van der Waals surface area contributed by atoms with Gasteiger partial charge in [0, 0.05) is 23.2 Å². The molecular weight excluding hydrogens is 366 g/mol. The molecular formula is C19H18BrN3O. The number of imidazole rings is 1. The third-order valence-corrected chi connectivity index (χ3v) is 6.27. The van der Waals surface area contributed by atoms with E-state index in [9.17, 15) is 10.1 Å². The zero-order chi connectivity index (χ0) is 16.9. The van der Waals surface area contributed by atoms with Gasteiger partial charge in [-0.25, -0.2) is 4.98 Å². The highest BCUT2D eigenvalue weighted by Gasteiger charge is 2.50. The molecule has 0 amide bonds. The Hall–Kier alpha value is -1.93. The first-order valence-electron chi connectivity index (χ1n) is 8.30. The van der Waals surface area contributed by atoms with Crippen molar-refractivity contribution in [2.45, 2.75) is 38.0 Å². The number of aromatic nitrogens is 2. The SMILES string of the molecule is CC12CC(C#N)C(=O)CC1CCc1c2nc(Br)n1-c1ccccc1. The van der Waals surface area contributed by atoms with Crippen LogP contribution in [0.1, 0.15) is 37.6 Å². The Bertz CT molecular complexity index is 851. The van der Waals surface area contributed by atoms with E-state index in [1.165, 1.54) is 5.69 Å². The molecule has 1 heterocycles. The number of Topliss-reactive ketones (excluding diaryl/α,β-unsaturated/α-hetero) is 1. The van der Waals surface area contributed by atoms with E-state index >= 15 is 0 Å². The Labute approximate surface area is 149 Å². The molecule has 0 N–H and O–H groups in total. The van der Waals surface area contributed by atoms with Crippen LogP contribution in [0.25, 0.3) is 5.69 Å². The summed E-state index contributed by atoms with van der Waals surface area (Å²) in [4.78, 5) is 17.0. The van der Waals surface area contributed by atoms with Crippen LogP contribution in [0.4, 0.5) is 0 Å². The molecule has 2 aliphatic rings. The summed E-state index contributed by atoms with van der Waals surface area (Å²) in [5, 5.41) is 9.35. The predicted octanol–water partition coefficient (Wildman–Crippen LogP) is 3.96. The first kappa shape index (κ1) is 15.6. The lowest BCUT2D eigenvalue weighted by Crippen LogP contribution is -2.45. The van der Waals surface area contributed by atoms with Crippen LogP contribution in [0.3, 0.4) is 0 Å². The van der Waals surface area contributed by atoms with Gasteiger partial charge < -0.3 is 0 Å². The minimum Gasteiger partial charge on any atom is -0.298 e. The molecule has 1 saturated carbocycles. The maximum atomic E-state index is 12.2. The van der Waals surface area contributed by atoms with Crippen LogP contribution < -0.4 is 0 Å². The Morgan fingerprint density at radius 1 is 1.38 bits per heavy atom. The number of nitrogens with zero attached hydrogens (tertiary/aromatic N) is 3. The van der Waals surface area contributed by atoms with Crippen molar-refractivity contribution in [3.05, 3.63) is 46.5 Å². The fourth-order valence-corrected chi connectivity index (χ4v) is 5.00. The second-order valence-corrected chi connectivity index (χ2v) is 7.77. The second kappa shape index (κ2) is 5.56. The summed E-state index contributed by atoms with van der Waals surface area (Å²) >= 11 is 3.62. The van der Waals surface area contributed by atoms with Gasteiger partial charge in [-0.05, 0) is 53.2 Å². The van der Waals surface area contributed by atoms with Gasteiger partial charge in [-0.1, -0.05) is 25.1 Å². The number of ketones is 1. The molecule has 0 saturated heterocycles. The van der Waals surface area contributed by atoms with Crippen molar-refractivity contribution in [1.82, 2.24) is 9.55 Å². The number of hydrogen-bond acceptors (Lipinski definition) is 3. The van der Waals surface area contributed by atoms with E-state index in [0.29, 0.717) is 12.8 Å². The monoisotopic (exact) mass is 383 g/mol. The molecule has 24 heavy (non-hydrogen) atoms. The van der Waals surface area contributed by atoms with E-state index in [-0.39, 0.29) is 17.1 Å². The Balaban J connectivity index is 1.85. The molecule has 1 fully saturated rings. The highest BCUT2D eigenvalue weighted by atomic mass is 79.9. The third kappa shape index (κ3) is 2.16. The lowest BCUT2D eigenvalue weighted by atomic mass is 9.58. The van der Waals surface area contributed by atoms with Crippen LogP contribution in [0.5, 0.6) is 0 Å². The molecule has 3 atom stereocenters. The van der Waals surface area contributed by atoms with Crippen molar-refractivity contribution in [3.63, 3.8) is 0 Å².